The van der Waals surface area contributed by atoms with Gasteiger partial charge in [0.05, 0.1) is 5.25 Å². The summed E-state index contributed by atoms with van der Waals surface area (Å²) in [5.41, 5.74) is 15.5. The van der Waals surface area contributed by atoms with Crippen LogP contribution in [0.5, 0.6) is 0 Å². The largest absolute Gasteiger partial charge is 0.480 e. The topological polar surface area (TPSA) is 245 Å². The minimum absolute atomic E-state index is 0.191. The normalized spacial score (nSPS) is 13.6. The molecule has 0 bridgehead atoms. The number of rotatable bonds is 14. The standard InChI is InChI=1S/C14H23N5O8S/c15-6(14(26)27)1-2-10(21)19-7(13(25)18-4-11(22)23)5-28-8(12(17)24)3-9(16)20/h6-8H,1-5,15H2,(H2,16,20)(H2,17,24)(H,18,25)(H,19,21)(H,22,23)(H,26,27)/t6-,7-,8?/m0/s1. The number of carboxylic acid groups (broad SMARTS) is 2. The number of hydrogen-bond acceptors (Lipinski definition) is 8. The van der Waals surface area contributed by atoms with E-state index in [1.807, 2.05) is 0 Å². The maximum Gasteiger partial charge on any atom is 0.322 e. The predicted octanol–water partition coefficient (Wildman–Crippen LogP) is -3.67. The highest BCUT2D eigenvalue weighted by Gasteiger charge is 2.26. The minimum atomic E-state index is -1.32. The van der Waals surface area contributed by atoms with E-state index in [2.05, 4.69) is 10.6 Å². The Hall–Kier alpha value is -2.87. The fourth-order valence-electron chi connectivity index (χ4n) is 1.78. The molecule has 13 nitrogen and oxygen atoms in total. The molecule has 0 saturated heterocycles. The van der Waals surface area contributed by atoms with Gasteiger partial charge < -0.3 is 38.0 Å². The molecule has 10 N–H and O–H groups in total. The van der Waals surface area contributed by atoms with E-state index in [1.165, 1.54) is 0 Å². The summed E-state index contributed by atoms with van der Waals surface area (Å²) in [7, 11) is 0. The Morgan fingerprint density at radius 1 is 1.04 bits per heavy atom. The molecule has 0 radical (unpaired) electrons. The van der Waals surface area contributed by atoms with Crippen molar-refractivity contribution in [3.63, 3.8) is 0 Å². The molecule has 0 aromatic heterocycles. The third-order valence-electron chi connectivity index (χ3n) is 3.23. The minimum Gasteiger partial charge on any atom is -0.480 e. The quantitative estimate of drug-likeness (QED) is 0.145. The Bertz CT molecular complexity index is 629. The van der Waals surface area contributed by atoms with E-state index in [0.29, 0.717) is 0 Å². The van der Waals surface area contributed by atoms with E-state index >= 15 is 0 Å². The van der Waals surface area contributed by atoms with Crippen molar-refractivity contribution in [1.29, 1.82) is 0 Å². The third-order valence-corrected chi connectivity index (χ3v) is 4.56. The number of carbonyl (C=O) groups is 6. The van der Waals surface area contributed by atoms with Crippen LogP contribution < -0.4 is 27.8 Å². The molecule has 0 rings (SSSR count). The highest BCUT2D eigenvalue weighted by molar-refractivity contribution is 8.00. The van der Waals surface area contributed by atoms with E-state index in [1.54, 1.807) is 0 Å². The van der Waals surface area contributed by atoms with Gasteiger partial charge in [-0.15, -0.1) is 11.8 Å². The van der Waals surface area contributed by atoms with E-state index < -0.39 is 59.4 Å². The average Bonchev–Trinajstić information content (AvgIpc) is 2.58. The van der Waals surface area contributed by atoms with Crippen LogP contribution in [0.1, 0.15) is 19.3 Å². The van der Waals surface area contributed by atoms with Gasteiger partial charge in [0.25, 0.3) is 0 Å². The Labute approximate surface area is 163 Å². The summed E-state index contributed by atoms with van der Waals surface area (Å²) in [6.07, 6.45) is -0.879. The van der Waals surface area contributed by atoms with Gasteiger partial charge in [-0.1, -0.05) is 0 Å². The Morgan fingerprint density at radius 2 is 1.64 bits per heavy atom. The second-order valence-corrected chi connectivity index (χ2v) is 6.85. The van der Waals surface area contributed by atoms with Gasteiger partial charge in [-0.05, 0) is 6.42 Å². The molecule has 0 saturated carbocycles. The predicted molar refractivity (Wildman–Crippen MR) is 96.7 cm³/mol. The molecule has 0 aliphatic rings. The van der Waals surface area contributed by atoms with Crippen molar-refractivity contribution >= 4 is 47.3 Å². The summed E-state index contributed by atoms with van der Waals surface area (Å²) in [6.45, 7) is -0.708. The van der Waals surface area contributed by atoms with Crippen LogP contribution in [0.3, 0.4) is 0 Å². The van der Waals surface area contributed by atoms with Crippen molar-refractivity contribution in [3.05, 3.63) is 0 Å². The number of hydrogen-bond donors (Lipinski definition) is 7. The first kappa shape index (κ1) is 25.1. The first-order chi connectivity index (χ1) is 12.9. The van der Waals surface area contributed by atoms with Gasteiger partial charge in [-0.3, -0.25) is 28.8 Å². The number of nitrogens with one attached hydrogen (secondary N) is 2. The zero-order chi connectivity index (χ0) is 21.9. The van der Waals surface area contributed by atoms with Crippen LogP contribution in [0.15, 0.2) is 0 Å². The molecule has 1 unspecified atom stereocenters. The van der Waals surface area contributed by atoms with Gasteiger partial charge in [0.2, 0.25) is 23.6 Å². The summed E-state index contributed by atoms with van der Waals surface area (Å²) in [6, 6.07) is -2.54. The number of thioether (sulfide) groups is 1. The second kappa shape index (κ2) is 12.5. The third kappa shape index (κ3) is 11.0. The number of amides is 4. The van der Waals surface area contributed by atoms with E-state index in [4.69, 9.17) is 27.4 Å². The first-order valence-electron chi connectivity index (χ1n) is 7.90. The van der Waals surface area contributed by atoms with Crippen LogP contribution in [0.2, 0.25) is 0 Å². The van der Waals surface area contributed by atoms with Crippen molar-refractivity contribution in [2.75, 3.05) is 12.3 Å². The number of primary amides is 2. The zero-order valence-corrected chi connectivity index (χ0v) is 15.6. The molecule has 28 heavy (non-hydrogen) atoms. The van der Waals surface area contributed by atoms with Crippen LogP contribution in [0.4, 0.5) is 0 Å². The van der Waals surface area contributed by atoms with Crippen molar-refractivity contribution in [3.8, 4) is 0 Å². The van der Waals surface area contributed by atoms with Gasteiger partial charge in [-0.2, -0.15) is 0 Å². The summed E-state index contributed by atoms with van der Waals surface area (Å²) >= 11 is 0.783. The molecule has 4 amide bonds. The van der Waals surface area contributed by atoms with Gasteiger partial charge in [0, 0.05) is 18.6 Å². The van der Waals surface area contributed by atoms with E-state index in [-0.39, 0.29) is 25.0 Å². The van der Waals surface area contributed by atoms with Crippen LogP contribution in [0, 0.1) is 0 Å². The van der Waals surface area contributed by atoms with Gasteiger partial charge in [0.15, 0.2) is 0 Å². The molecule has 14 heteroatoms. The molecule has 0 spiro atoms. The average molecular weight is 421 g/mol. The molecule has 0 heterocycles. The van der Waals surface area contributed by atoms with Crippen LogP contribution >= 0.6 is 11.8 Å². The van der Waals surface area contributed by atoms with Crippen molar-refractivity contribution < 1.29 is 39.0 Å². The Morgan fingerprint density at radius 3 is 2.11 bits per heavy atom. The maximum atomic E-state index is 12.1. The molecule has 0 aromatic carbocycles. The molecular weight excluding hydrogens is 398 g/mol. The lowest BCUT2D eigenvalue weighted by Crippen LogP contribution is -2.50. The van der Waals surface area contributed by atoms with Crippen LogP contribution in [-0.2, 0) is 28.8 Å². The Kier molecular flexibility index (Phi) is 11.2. The fourth-order valence-corrected chi connectivity index (χ4v) is 2.89. The van der Waals surface area contributed by atoms with Crippen molar-refractivity contribution in [1.82, 2.24) is 10.6 Å². The van der Waals surface area contributed by atoms with Crippen LogP contribution in [0.25, 0.3) is 0 Å². The van der Waals surface area contributed by atoms with Gasteiger partial charge >= 0.3 is 11.9 Å². The lowest BCUT2D eigenvalue weighted by atomic mass is 10.1. The zero-order valence-electron chi connectivity index (χ0n) is 14.8. The van der Waals surface area contributed by atoms with Gasteiger partial charge in [-0.25, -0.2) is 0 Å². The number of carbonyl (C=O) groups excluding carboxylic acids is 4. The molecule has 0 aliphatic carbocycles. The SMILES string of the molecule is NC(=O)CC(SC[C@H](NC(=O)CC[C@H](N)C(=O)O)C(=O)NCC(=O)O)C(N)=O. The number of aliphatic carboxylic acids is 2. The molecule has 0 aliphatic heterocycles. The lowest BCUT2D eigenvalue weighted by molar-refractivity contribution is -0.139. The molecule has 0 fully saturated rings. The van der Waals surface area contributed by atoms with Crippen molar-refractivity contribution in [2.45, 2.75) is 36.6 Å². The molecule has 158 valence electrons. The number of nitrogens with two attached hydrogens (primary N) is 3. The lowest BCUT2D eigenvalue weighted by Gasteiger charge is -2.20. The summed E-state index contributed by atoms with van der Waals surface area (Å²) in [5, 5.41) is 20.6. The number of carboxylic acids is 2. The summed E-state index contributed by atoms with van der Waals surface area (Å²) in [4.78, 5) is 67.6. The Balaban J connectivity index is 4.98. The van der Waals surface area contributed by atoms with E-state index in [9.17, 15) is 28.8 Å². The monoisotopic (exact) mass is 421 g/mol. The van der Waals surface area contributed by atoms with Crippen molar-refractivity contribution in [2.24, 2.45) is 17.2 Å². The smallest absolute Gasteiger partial charge is 0.322 e. The van der Waals surface area contributed by atoms with Crippen LogP contribution in [-0.4, -0.2) is 75.4 Å². The first-order valence-corrected chi connectivity index (χ1v) is 8.95. The van der Waals surface area contributed by atoms with Gasteiger partial charge in [0.1, 0.15) is 18.6 Å². The molecular formula is C14H23N5O8S. The highest BCUT2D eigenvalue weighted by Crippen LogP contribution is 2.16. The molecule has 0 aromatic rings. The summed E-state index contributed by atoms with van der Waals surface area (Å²) < 4.78 is 0. The molecule has 3 atom stereocenters. The summed E-state index contributed by atoms with van der Waals surface area (Å²) in [5.74, 6) is -6.05. The van der Waals surface area contributed by atoms with E-state index in [0.717, 1.165) is 11.8 Å². The second-order valence-electron chi connectivity index (χ2n) is 5.61. The fraction of sp³-hybridized carbons (Fsp3) is 0.571. The maximum absolute atomic E-state index is 12.1. The highest BCUT2D eigenvalue weighted by atomic mass is 32.2.